The Hall–Kier alpha value is -2.63. The molecule has 1 aromatic heterocycles. The smallest absolute Gasteiger partial charge is 0.224 e. The largest absolute Gasteiger partial charge is 0.354 e. The summed E-state index contributed by atoms with van der Waals surface area (Å²) in [6.07, 6.45) is 3.49. The number of aryl methyl sites for hydroxylation is 1. The van der Waals surface area contributed by atoms with Gasteiger partial charge in [0, 0.05) is 36.6 Å². The third-order valence-electron chi connectivity index (χ3n) is 3.37. The zero-order valence-corrected chi connectivity index (χ0v) is 14.5. The normalized spacial score (nSPS) is 10.3. The summed E-state index contributed by atoms with van der Waals surface area (Å²) in [5, 5.41) is 9.29. The van der Waals surface area contributed by atoms with E-state index in [4.69, 9.17) is 0 Å². The molecule has 1 amide bonds. The first-order valence-electron chi connectivity index (χ1n) is 8.31. The number of anilines is 4. The first-order valence-corrected chi connectivity index (χ1v) is 8.31. The molecule has 0 aliphatic rings. The number of carbonyl (C=O) groups is 1. The van der Waals surface area contributed by atoms with E-state index in [0.29, 0.717) is 5.95 Å². The Morgan fingerprint density at radius 1 is 1.12 bits per heavy atom. The lowest BCUT2D eigenvalue weighted by Gasteiger charge is -2.11. The SMILES string of the molecule is CCCCCNc1nc(C)cc(Nc2cccc(NC(C)=O)c2)n1. The Morgan fingerprint density at radius 3 is 2.67 bits per heavy atom. The van der Waals surface area contributed by atoms with Crippen molar-refractivity contribution in [3.63, 3.8) is 0 Å². The summed E-state index contributed by atoms with van der Waals surface area (Å²) in [5.41, 5.74) is 2.50. The highest BCUT2D eigenvalue weighted by Gasteiger charge is 2.04. The van der Waals surface area contributed by atoms with Crippen LogP contribution in [0.15, 0.2) is 30.3 Å². The second-order valence-corrected chi connectivity index (χ2v) is 5.74. The zero-order valence-electron chi connectivity index (χ0n) is 14.5. The molecule has 0 saturated carbocycles. The van der Waals surface area contributed by atoms with E-state index in [2.05, 4.69) is 32.8 Å². The molecule has 0 radical (unpaired) electrons. The minimum atomic E-state index is -0.0939. The van der Waals surface area contributed by atoms with Crippen LogP contribution in [-0.4, -0.2) is 22.4 Å². The monoisotopic (exact) mass is 327 g/mol. The van der Waals surface area contributed by atoms with E-state index in [1.165, 1.54) is 19.8 Å². The summed E-state index contributed by atoms with van der Waals surface area (Å²) in [6.45, 7) is 6.48. The van der Waals surface area contributed by atoms with Gasteiger partial charge in [0.15, 0.2) is 0 Å². The maximum atomic E-state index is 11.2. The number of nitrogens with zero attached hydrogens (tertiary/aromatic N) is 2. The number of nitrogens with one attached hydrogen (secondary N) is 3. The number of rotatable bonds is 8. The minimum Gasteiger partial charge on any atom is -0.354 e. The molecule has 0 bridgehead atoms. The van der Waals surface area contributed by atoms with Crippen LogP contribution in [0.1, 0.15) is 38.8 Å². The molecule has 0 aliphatic heterocycles. The number of amides is 1. The number of benzene rings is 1. The highest BCUT2D eigenvalue weighted by atomic mass is 16.1. The molecule has 2 rings (SSSR count). The fraction of sp³-hybridized carbons (Fsp3) is 0.389. The summed E-state index contributed by atoms with van der Waals surface area (Å²) < 4.78 is 0. The van der Waals surface area contributed by atoms with Crippen molar-refractivity contribution in [1.82, 2.24) is 9.97 Å². The van der Waals surface area contributed by atoms with Crippen molar-refractivity contribution in [1.29, 1.82) is 0 Å². The van der Waals surface area contributed by atoms with E-state index in [9.17, 15) is 4.79 Å². The lowest BCUT2D eigenvalue weighted by Crippen LogP contribution is -2.08. The molecule has 24 heavy (non-hydrogen) atoms. The van der Waals surface area contributed by atoms with Gasteiger partial charge in [-0.3, -0.25) is 4.79 Å². The summed E-state index contributed by atoms with van der Waals surface area (Å²) in [4.78, 5) is 20.1. The predicted octanol–water partition coefficient (Wildman–Crippen LogP) is 4.09. The van der Waals surface area contributed by atoms with Gasteiger partial charge in [0.05, 0.1) is 0 Å². The number of hydrogen-bond donors (Lipinski definition) is 3. The fourth-order valence-corrected chi connectivity index (χ4v) is 2.31. The van der Waals surface area contributed by atoms with Crippen LogP contribution in [0.25, 0.3) is 0 Å². The van der Waals surface area contributed by atoms with Crippen molar-refractivity contribution in [2.24, 2.45) is 0 Å². The highest BCUT2D eigenvalue weighted by Crippen LogP contribution is 2.20. The summed E-state index contributed by atoms with van der Waals surface area (Å²) >= 11 is 0. The maximum absolute atomic E-state index is 11.2. The van der Waals surface area contributed by atoms with Crippen LogP contribution in [0.2, 0.25) is 0 Å². The molecule has 6 heteroatoms. The Labute approximate surface area is 143 Å². The van der Waals surface area contributed by atoms with Crippen LogP contribution in [-0.2, 0) is 4.79 Å². The van der Waals surface area contributed by atoms with Crippen LogP contribution in [0.4, 0.5) is 23.1 Å². The highest BCUT2D eigenvalue weighted by molar-refractivity contribution is 5.89. The average Bonchev–Trinajstić information content (AvgIpc) is 2.51. The van der Waals surface area contributed by atoms with Gasteiger partial charge >= 0.3 is 0 Å². The van der Waals surface area contributed by atoms with Gasteiger partial charge in [-0.15, -0.1) is 0 Å². The second-order valence-electron chi connectivity index (χ2n) is 5.74. The molecule has 0 fully saturated rings. The van der Waals surface area contributed by atoms with E-state index in [-0.39, 0.29) is 5.91 Å². The lowest BCUT2D eigenvalue weighted by molar-refractivity contribution is -0.114. The predicted molar refractivity (Wildman–Crippen MR) is 98.8 cm³/mol. The van der Waals surface area contributed by atoms with Crippen LogP contribution >= 0.6 is 0 Å². The Morgan fingerprint density at radius 2 is 1.92 bits per heavy atom. The Kier molecular flexibility index (Phi) is 6.54. The third-order valence-corrected chi connectivity index (χ3v) is 3.37. The van der Waals surface area contributed by atoms with Gasteiger partial charge in [-0.2, -0.15) is 4.98 Å². The zero-order chi connectivity index (χ0) is 17.4. The van der Waals surface area contributed by atoms with Crippen LogP contribution in [0.3, 0.4) is 0 Å². The fourth-order valence-electron chi connectivity index (χ4n) is 2.31. The number of carbonyl (C=O) groups excluding carboxylic acids is 1. The molecule has 1 heterocycles. The molecule has 3 N–H and O–H groups in total. The summed E-state index contributed by atoms with van der Waals surface area (Å²) in [6, 6.07) is 9.41. The first kappa shape index (κ1) is 17.7. The van der Waals surface area contributed by atoms with Crippen molar-refractivity contribution < 1.29 is 4.79 Å². The van der Waals surface area contributed by atoms with E-state index in [0.717, 1.165) is 35.9 Å². The summed E-state index contributed by atoms with van der Waals surface area (Å²) in [5.74, 6) is 1.26. The van der Waals surface area contributed by atoms with Crippen molar-refractivity contribution in [2.45, 2.75) is 40.0 Å². The molecular weight excluding hydrogens is 302 g/mol. The van der Waals surface area contributed by atoms with E-state index >= 15 is 0 Å². The lowest BCUT2D eigenvalue weighted by atomic mass is 10.2. The topological polar surface area (TPSA) is 78.9 Å². The molecule has 6 nitrogen and oxygen atoms in total. The van der Waals surface area contributed by atoms with Crippen LogP contribution < -0.4 is 16.0 Å². The van der Waals surface area contributed by atoms with Gasteiger partial charge in [-0.05, 0) is 31.5 Å². The van der Waals surface area contributed by atoms with Gasteiger partial charge in [-0.1, -0.05) is 25.8 Å². The van der Waals surface area contributed by atoms with Crippen molar-refractivity contribution in [3.8, 4) is 0 Å². The number of unbranched alkanes of at least 4 members (excludes halogenated alkanes) is 2. The van der Waals surface area contributed by atoms with Crippen LogP contribution in [0.5, 0.6) is 0 Å². The first-order chi connectivity index (χ1) is 11.6. The molecule has 1 aromatic carbocycles. The summed E-state index contributed by atoms with van der Waals surface area (Å²) in [7, 11) is 0. The minimum absolute atomic E-state index is 0.0939. The van der Waals surface area contributed by atoms with E-state index in [1.54, 1.807) is 0 Å². The molecule has 0 aliphatic carbocycles. The second kappa shape index (κ2) is 8.86. The van der Waals surface area contributed by atoms with E-state index in [1.807, 2.05) is 37.3 Å². The third kappa shape index (κ3) is 5.87. The Bertz CT molecular complexity index is 687. The standard InChI is InChI=1S/C18H25N5O/c1-4-5-6-10-19-18-20-13(2)11-17(23-18)22-16-9-7-8-15(12-16)21-14(3)24/h7-9,11-12H,4-6,10H2,1-3H3,(H,21,24)(H2,19,20,22,23). The Balaban J connectivity index is 2.06. The quantitative estimate of drug-likeness (QED) is 0.636. The van der Waals surface area contributed by atoms with Gasteiger partial charge in [0.1, 0.15) is 5.82 Å². The van der Waals surface area contributed by atoms with Crippen molar-refractivity contribution in [2.75, 3.05) is 22.5 Å². The molecule has 0 atom stereocenters. The molecule has 2 aromatic rings. The van der Waals surface area contributed by atoms with Gasteiger partial charge in [-0.25, -0.2) is 4.98 Å². The van der Waals surface area contributed by atoms with Crippen LogP contribution in [0, 0.1) is 6.92 Å². The molecule has 0 spiro atoms. The molecule has 128 valence electrons. The molecular formula is C18H25N5O. The van der Waals surface area contributed by atoms with Crippen molar-refractivity contribution in [3.05, 3.63) is 36.0 Å². The van der Waals surface area contributed by atoms with Crippen molar-refractivity contribution >= 4 is 29.0 Å². The number of aromatic nitrogens is 2. The van der Waals surface area contributed by atoms with Gasteiger partial charge in [0.2, 0.25) is 11.9 Å². The van der Waals surface area contributed by atoms with Gasteiger partial charge in [0.25, 0.3) is 0 Å². The average molecular weight is 327 g/mol. The van der Waals surface area contributed by atoms with Gasteiger partial charge < -0.3 is 16.0 Å². The molecule has 0 unspecified atom stereocenters. The number of hydrogen-bond acceptors (Lipinski definition) is 5. The maximum Gasteiger partial charge on any atom is 0.224 e. The molecule has 0 saturated heterocycles. The van der Waals surface area contributed by atoms with E-state index < -0.39 is 0 Å².